The Balaban J connectivity index is 2.82. The van der Waals surface area contributed by atoms with Crippen LogP contribution in [0.5, 0.6) is 5.88 Å². The molecule has 0 aliphatic carbocycles. The van der Waals surface area contributed by atoms with Crippen LogP contribution in [0.3, 0.4) is 0 Å². The van der Waals surface area contributed by atoms with Crippen LogP contribution in [0.4, 0.5) is 4.39 Å². The molecule has 0 aromatic carbocycles. The highest BCUT2D eigenvalue weighted by Gasteiger charge is 2.11. The van der Waals surface area contributed by atoms with Crippen LogP contribution in [-0.2, 0) is 4.74 Å². The van der Waals surface area contributed by atoms with Crippen LogP contribution in [0.15, 0.2) is 12.1 Å². The molecule has 1 aromatic rings. The number of hydrogen-bond donors (Lipinski definition) is 1. The zero-order valence-corrected chi connectivity index (χ0v) is 8.20. The fourth-order valence-electron chi connectivity index (χ4n) is 0.937. The topological polar surface area (TPSA) is 74.4 Å². The van der Waals surface area contributed by atoms with E-state index in [9.17, 15) is 9.18 Å². The predicted octanol–water partition coefficient (Wildman–Crippen LogP) is 0.345. The van der Waals surface area contributed by atoms with Crippen molar-refractivity contribution >= 4 is 5.91 Å². The van der Waals surface area contributed by atoms with Crippen molar-refractivity contribution in [1.29, 1.82) is 0 Å². The Morgan fingerprint density at radius 1 is 1.53 bits per heavy atom. The molecule has 0 saturated heterocycles. The lowest BCUT2D eigenvalue weighted by Gasteiger charge is -2.07. The number of primary amides is 1. The quantitative estimate of drug-likeness (QED) is 0.566. The standard InChI is InChI=1S/C9H11FN2O3/c1-14-4-5-15-9-6(8(11)13)2-3-7(10)12-9/h2-3H,4-5H2,1H3,(H2,11,13). The molecular formula is C9H11FN2O3. The van der Waals surface area contributed by atoms with Crippen molar-refractivity contribution in [2.24, 2.45) is 5.73 Å². The van der Waals surface area contributed by atoms with E-state index in [1.165, 1.54) is 13.2 Å². The van der Waals surface area contributed by atoms with E-state index < -0.39 is 11.9 Å². The first-order valence-electron chi connectivity index (χ1n) is 4.23. The second kappa shape index (κ2) is 5.26. The number of rotatable bonds is 5. The Labute approximate surface area is 86.0 Å². The minimum atomic E-state index is -0.729. The third-order valence-corrected chi connectivity index (χ3v) is 1.62. The number of nitrogens with two attached hydrogens (primary N) is 1. The molecule has 6 heteroatoms. The average Bonchev–Trinajstić information content (AvgIpc) is 2.18. The Morgan fingerprint density at radius 3 is 2.87 bits per heavy atom. The SMILES string of the molecule is COCCOc1nc(F)ccc1C(N)=O. The molecule has 0 aliphatic heterocycles. The number of carbonyl (C=O) groups excluding carboxylic acids is 1. The van der Waals surface area contributed by atoms with Gasteiger partial charge >= 0.3 is 0 Å². The number of pyridine rings is 1. The summed E-state index contributed by atoms with van der Waals surface area (Å²) in [5, 5.41) is 0. The van der Waals surface area contributed by atoms with Gasteiger partial charge in [0.1, 0.15) is 12.2 Å². The van der Waals surface area contributed by atoms with Gasteiger partial charge in [-0.25, -0.2) is 0 Å². The summed E-state index contributed by atoms with van der Waals surface area (Å²) in [4.78, 5) is 14.3. The molecule has 0 saturated carbocycles. The highest BCUT2D eigenvalue weighted by Crippen LogP contribution is 2.14. The molecule has 1 aromatic heterocycles. The minimum Gasteiger partial charge on any atom is -0.475 e. The third-order valence-electron chi connectivity index (χ3n) is 1.62. The van der Waals surface area contributed by atoms with E-state index in [0.29, 0.717) is 6.61 Å². The van der Waals surface area contributed by atoms with E-state index in [-0.39, 0.29) is 18.1 Å². The molecule has 0 radical (unpaired) electrons. The fourth-order valence-corrected chi connectivity index (χ4v) is 0.937. The lowest BCUT2D eigenvalue weighted by molar-refractivity contribution is 0.0990. The van der Waals surface area contributed by atoms with Crippen molar-refractivity contribution < 1.29 is 18.7 Å². The molecule has 0 spiro atoms. The second-order valence-corrected chi connectivity index (χ2v) is 2.69. The zero-order chi connectivity index (χ0) is 11.3. The van der Waals surface area contributed by atoms with E-state index in [1.54, 1.807) is 0 Å². The van der Waals surface area contributed by atoms with Crippen LogP contribution in [-0.4, -0.2) is 31.2 Å². The maximum atomic E-state index is 12.7. The summed E-state index contributed by atoms with van der Waals surface area (Å²) in [6.07, 6.45) is 0. The Morgan fingerprint density at radius 2 is 2.27 bits per heavy atom. The minimum absolute atomic E-state index is 0.0486. The molecule has 1 heterocycles. The summed E-state index contributed by atoms with van der Waals surface area (Å²) < 4.78 is 22.5. The summed E-state index contributed by atoms with van der Waals surface area (Å²) in [6.45, 7) is 0.490. The summed E-state index contributed by atoms with van der Waals surface area (Å²) in [5.74, 6) is -1.55. The van der Waals surface area contributed by atoms with Gasteiger partial charge in [0.2, 0.25) is 11.8 Å². The van der Waals surface area contributed by atoms with Gasteiger partial charge in [-0.1, -0.05) is 0 Å². The molecule has 15 heavy (non-hydrogen) atoms. The molecule has 82 valence electrons. The highest BCUT2D eigenvalue weighted by atomic mass is 19.1. The van der Waals surface area contributed by atoms with Gasteiger partial charge in [0.05, 0.1) is 6.61 Å². The van der Waals surface area contributed by atoms with Crippen LogP contribution in [0, 0.1) is 5.95 Å². The van der Waals surface area contributed by atoms with E-state index >= 15 is 0 Å². The monoisotopic (exact) mass is 214 g/mol. The summed E-state index contributed by atoms with van der Waals surface area (Å²) in [7, 11) is 1.50. The first kappa shape index (κ1) is 11.4. The average molecular weight is 214 g/mol. The molecule has 0 fully saturated rings. The van der Waals surface area contributed by atoms with Crippen molar-refractivity contribution in [3.8, 4) is 5.88 Å². The lowest BCUT2D eigenvalue weighted by Crippen LogP contribution is -2.15. The van der Waals surface area contributed by atoms with Gasteiger partial charge in [0, 0.05) is 7.11 Å². The number of aromatic nitrogens is 1. The van der Waals surface area contributed by atoms with E-state index in [0.717, 1.165) is 6.07 Å². The first-order valence-corrected chi connectivity index (χ1v) is 4.23. The van der Waals surface area contributed by atoms with Crippen LogP contribution >= 0.6 is 0 Å². The summed E-state index contributed by atoms with van der Waals surface area (Å²) in [6, 6.07) is 2.27. The number of methoxy groups -OCH3 is 1. The second-order valence-electron chi connectivity index (χ2n) is 2.69. The zero-order valence-electron chi connectivity index (χ0n) is 8.20. The molecule has 2 N–H and O–H groups in total. The lowest BCUT2D eigenvalue weighted by atomic mass is 10.2. The Hall–Kier alpha value is -1.69. The number of carbonyl (C=O) groups is 1. The van der Waals surface area contributed by atoms with Crippen LogP contribution in [0.2, 0.25) is 0 Å². The maximum absolute atomic E-state index is 12.7. The number of nitrogens with zero attached hydrogens (tertiary/aromatic N) is 1. The molecule has 1 amide bonds. The van der Waals surface area contributed by atoms with Crippen molar-refractivity contribution in [2.45, 2.75) is 0 Å². The van der Waals surface area contributed by atoms with Gasteiger partial charge in [-0.2, -0.15) is 9.37 Å². The molecule has 5 nitrogen and oxygen atoms in total. The summed E-state index contributed by atoms with van der Waals surface area (Å²) >= 11 is 0. The molecule has 0 bridgehead atoms. The first-order chi connectivity index (χ1) is 7.15. The Bertz CT molecular complexity index is 357. The molecule has 0 atom stereocenters. The number of halogens is 1. The van der Waals surface area contributed by atoms with E-state index in [2.05, 4.69) is 4.98 Å². The van der Waals surface area contributed by atoms with Crippen LogP contribution < -0.4 is 10.5 Å². The van der Waals surface area contributed by atoms with Gasteiger partial charge in [-0.05, 0) is 12.1 Å². The van der Waals surface area contributed by atoms with Crippen molar-refractivity contribution in [2.75, 3.05) is 20.3 Å². The third kappa shape index (κ3) is 3.17. The molecule has 0 unspecified atom stereocenters. The summed E-state index contributed by atoms with van der Waals surface area (Å²) in [5.41, 5.74) is 5.10. The van der Waals surface area contributed by atoms with Crippen molar-refractivity contribution in [3.05, 3.63) is 23.6 Å². The van der Waals surface area contributed by atoms with Gasteiger partial charge in [-0.15, -0.1) is 0 Å². The Kier molecular flexibility index (Phi) is 3.99. The number of amides is 1. The predicted molar refractivity (Wildman–Crippen MR) is 50.1 cm³/mol. The maximum Gasteiger partial charge on any atom is 0.254 e. The normalized spacial score (nSPS) is 10.0. The van der Waals surface area contributed by atoms with Crippen LogP contribution in [0.1, 0.15) is 10.4 Å². The highest BCUT2D eigenvalue weighted by molar-refractivity contribution is 5.94. The van der Waals surface area contributed by atoms with Gasteiger partial charge < -0.3 is 15.2 Å². The van der Waals surface area contributed by atoms with E-state index in [1.807, 2.05) is 0 Å². The molecule has 0 aliphatic rings. The van der Waals surface area contributed by atoms with Gasteiger partial charge in [0.15, 0.2) is 0 Å². The smallest absolute Gasteiger partial charge is 0.254 e. The van der Waals surface area contributed by atoms with Crippen molar-refractivity contribution in [3.63, 3.8) is 0 Å². The number of ether oxygens (including phenoxy) is 2. The molecule has 1 rings (SSSR count). The van der Waals surface area contributed by atoms with Gasteiger partial charge in [-0.3, -0.25) is 4.79 Å². The molecular weight excluding hydrogens is 203 g/mol. The van der Waals surface area contributed by atoms with E-state index in [4.69, 9.17) is 15.2 Å². The fraction of sp³-hybridized carbons (Fsp3) is 0.333. The number of hydrogen-bond acceptors (Lipinski definition) is 4. The largest absolute Gasteiger partial charge is 0.475 e. The van der Waals surface area contributed by atoms with Crippen molar-refractivity contribution in [1.82, 2.24) is 4.98 Å². The van der Waals surface area contributed by atoms with Gasteiger partial charge in [0.25, 0.3) is 5.91 Å². The van der Waals surface area contributed by atoms with Crippen LogP contribution in [0.25, 0.3) is 0 Å².